The molecule has 1 fully saturated rings. The molecule has 0 bridgehead atoms. The van der Waals surface area contributed by atoms with Crippen LogP contribution in [0.3, 0.4) is 0 Å². The number of rotatable bonds is 6. The predicted molar refractivity (Wildman–Crippen MR) is 110 cm³/mol. The van der Waals surface area contributed by atoms with E-state index in [1.54, 1.807) is 36.1 Å². The van der Waals surface area contributed by atoms with Crippen molar-refractivity contribution in [3.05, 3.63) is 59.9 Å². The molecule has 0 aliphatic carbocycles. The number of fused-ring (bicyclic) bond motifs is 1. The van der Waals surface area contributed by atoms with Crippen LogP contribution in [-0.4, -0.2) is 48.6 Å². The molecule has 2 aromatic carbocycles. The number of carbonyl (C=O) groups excluding carboxylic acids is 2. The summed E-state index contributed by atoms with van der Waals surface area (Å²) in [6.45, 7) is 3.05. The molecule has 2 aliphatic heterocycles. The Morgan fingerprint density at radius 2 is 1.97 bits per heavy atom. The van der Waals surface area contributed by atoms with Gasteiger partial charge >= 0.3 is 0 Å². The Hall–Kier alpha value is -2.93. The predicted octanol–water partition coefficient (Wildman–Crippen LogP) is 3.15. The maximum atomic E-state index is 13.3. The van der Waals surface area contributed by atoms with Crippen molar-refractivity contribution in [1.29, 1.82) is 0 Å². The molecule has 2 aromatic rings. The topological polar surface area (TPSA) is 59.1 Å². The van der Waals surface area contributed by atoms with Crippen molar-refractivity contribution in [2.24, 2.45) is 0 Å². The van der Waals surface area contributed by atoms with Gasteiger partial charge in [0.25, 0.3) is 5.91 Å². The smallest absolute Gasteiger partial charge is 0.268 e. The van der Waals surface area contributed by atoms with Gasteiger partial charge in [0, 0.05) is 19.7 Å². The molecule has 2 heterocycles. The number of benzene rings is 2. The lowest BCUT2D eigenvalue weighted by molar-refractivity contribution is -0.134. The number of anilines is 1. The third-order valence-electron chi connectivity index (χ3n) is 5.45. The van der Waals surface area contributed by atoms with Crippen molar-refractivity contribution in [2.45, 2.75) is 38.5 Å². The Kier molecular flexibility index (Phi) is 5.99. The Balaban J connectivity index is 1.54. The lowest BCUT2D eigenvalue weighted by Crippen LogP contribution is -2.50. The molecule has 0 radical (unpaired) electrons. The Labute approximate surface area is 175 Å². The van der Waals surface area contributed by atoms with Crippen LogP contribution in [0.25, 0.3) is 0 Å². The van der Waals surface area contributed by atoms with Crippen LogP contribution in [0.2, 0.25) is 0 Å². The normalized spacial score (nSPS) is 20.6. The number of ether oxygens (including phenoxy) is 2. The third-order valence-corrected chi connectivity index (χ3v) is 5.45. The average molecular weight is 412 g/mol. The molecule has 2 unspecified atom stereocenters. The van der Waals surface area contributed by atoms with Gasteiger partial charge in [0.15, 0.2) is 6.10 Å². The van der Waals surface area contributed by atoms with Crippen LogP contribution in [0, 0.1) is 5.82 Å². The molecule has 0 N–H and O–H groups in total. The van der Waals surface area contributed by atoms with Crippen molar-refractivity contribution in [3.8, 4) is 5.75 Å². The van der Waals surface area contributed by atoms with Crippen molar-refractivity contribution >= 4 is 17.5 Å². The van der Waals surface area contributed by atoms with Crippen molar-refractivity contribution < 1.29 is 23.5 Å². The van der Waals surface area contributed by atoms with E-state index in [4.69, 9.17) is 9.47 Å². The van der Waals surface area contributed by atoms with Crippen molar-refractivity contribution in [2.75, 3.05) is 24.6 Å². The van der Waals surface area contributed by atoms with E-state index in [1.807, 2.05) is 12.1 Å². The molecule has 1 saturated heterocycles. The van der Waals surface area contributed by atoms with Gasteiger partial charge in [-0.05, 0) is 49.6 Å². The molecular weight excluding hydrogens is 387 g/mol. The zero-order valence-electron chi connectivity index (χ0n) is 16.9. The fourth-order valence-corrected chi connectivity index (χ4v) is 3.86. The quantitative estimate of drug-likeness (QED) is 0.732. The van der Waals surface area contributed by atoms with Gasteiger partial charge < -0.3 is 14.4 Å². The molecule has 0 spiro atoms. The van der Waals surface area contributed by atoms with Gasteiger partial charge in [0.05, 0.1) is 11.8 Å². The lowest BCUT2D eigenvalue weighted by Gasteiger charge is -2.34. The average Bonchev–Trinajstić information content (AvgIpc) is 3.25. The van der Waals surface area contributed by atoms with E-state index in [9.17, 15) is 14.0 Å². The van der Waals surface area contributed by atoms with E-state index in [0.29, 0.717) is 31.1 Å². The van der Waals surface area contributed by atoms with Crippen LogP contribution in [0.4, 0.5) is 10.1 Å². The first-order chi connectivity index (χ1) is 14.5. The summed E-state index contributed by atoms with van der Waals surface area (Å²) in [4.78, 5) is 29.2. The molecule has 2 amide bonds. The largest absolute Gasteiger partial charge is 0.479 e. The Morgan fingerprint density at radius 1 is 1.20 bits per heavy atom. The minimum Gasteiger partial charge on any atom is -0.479 e. The van der Waals surface area contributed by atoms with Gasteiger partial charge in [-0.2, -0.15) is 0 Å². The number of halogens is 1. The van der Waals surface area contributed by atoms with Crippen molar-refractivity contribution in [1.82, 2.24) is 4.90 Å². The highest BCUT2D eigenvalue weighted by molar-refractivity contribution is 6.03. The van der Waals surface area contributed by atoms with Crippen LogP contribution in [0.5, 0.6) is 5.75 Å². The van der Waals surface area contributed by atoms with E-state index >= 15 is 0 Å². The minimum absolute atomic E-state index is 0.0269. The van der Waals surface area contributed by atoms with Gasteiger partial charge in [0.1, 0.15) is 18.1 Å². The van der Waals surface area contributed by atoms with Gasteiger partial charge in [-0.25, -0.2) is 4.39 Å². The summed E-state index contributed by atoms with van der Waals surface area (Å²) in [5, 5.41) is 0. The van der Waals surface area contributed by atoms with Crippen molar-refractivity contribution in [3.63, 3.8) is 0 Å². The molecule has 6 nitrogen and oxygen atoms in total. The standard InChI is InChI=1S/C23H25FN2O4/c1-16-23(28)26(20-6-2-3-7-21(20)30-16)15-22(27)25(14-19-5-4-12-29-19)13-17-8-10-18(24)11-9-17/h2-3,6-11,16,19H,4-5,12-15H2,1H3. The highest BCUT2D eigenvalue weighted by atomic mass is 19.1. The number of hydrogen-bond donors (Lipinski definition) is 0. The molecule has 7 heteroatoms. The number of carbonyl (C=O) groups is 2. The lowest BCUT2D eigenvalue weighted by atomic mass is 10.1. The monoisotopic (exact) mass is 412 g/mol. The Bertz CT molecular complexity index is 912. The SMILES string of the molecule is CC1Oc2ccccc2N(CC(=O)N(Cc2ccc(F)cc2)CC2CCCO2)C1=O. The van der Waals surface area contributed by atoms with E-state index in [0.717, 1.165) is 18.4 Å². The summed E-state index contributed by atoms with van der Waals surface area (Å²) < 4.78 is 24.7. The highest BCUT2D eigenvalue weighted by Gasteiger charge is 2.34. The van der Waals surface area contributed by atoms with Gasteiger partial charge in [-0.1, -0.05) is 24.3 Å². The summed E-state index contributed by atoms with van der Waals surface area (Å²) >= 11 is 0. The maximum Gasteiger partial charge on any atom is 0.268 e. The summed E-state index contributed by atoms with van der Waals surface area (Å²) in [6, 6.07) is 13.3. The van der Waals surface area contributed by atoms with E-state index in [1.165, 1.54) is 17.0 Å². The van der Waals surface area contributed by atoms with E-state index in [-0.39, 0.29) is 30.3 Å². The van der Waals surface area contributed by atoms with Gasteiger partial charge in [-0.3, -0.25) is 14.5 Å². The summed E-state index contributed by atoms with van der Waals surface area (Å²) in [5.74, 6) is -0.171. The number of amides is 2. The second kappa shape index (κ2) is 8.83. The number of nitrogens with zero attached hydrogens (tertiary/aromatic N) is 2. The second-order valence-corrected chi connectivity index (χ2v) is 7.69. The molecule has 30 heavy (non-hydrogen) atoms. The molecule has 0 aromatic heterocycles. The fraction of sp³-hybridized carbons (Fsp3) is 0.391. The number of para-hydroxylation sites is 2. The van der Waals surface area contributed by atoms with Crippen LogP contribution in [0.15, 0.2) is 48.5 Å². The second-order valence-electron chi connectivity index (χ2n) is 7.69. The molecule has 4 rings (SSSR count). The van der Waals surface area contributed by atoms with E-state index < -0.39 is 6.10 Å². The molecule has 0 saturated carbocycles. The van der Waals surface area contributed by atoms with E-state index in [2.05, 4.69) is 0 Å². The summed E-state index contributed by atoms with van der Waals surface area (Å²) in [5.41, 5.74) is 1.41. The Morgan fingerprint density at radius 3 is 2.70 bits per heavy atom. The van der Waals surface area contributed by atoms with Crippen LogP contribution in [0.1, 0.15) is 25.3 Å². The van der Waals surface area contributed by atoms with Crippen LogP contribution < -0.4 is 9.64 Å². The zero-order chi connectivity index (χ0) is 21.1. The van der Waals surface area contributed by atoms with Gasteiger partial charge in [-0.15, -0.1) is 0 Å². The third kappa shape index (κ3) is 4.46. The first-order valence-corrected chi connectivity index (χ1v) is 10.2. The zero-order valence-corrected chi connectivity index (χ0v) is 16.9. The number of hydrogen-bond acceptors (Lipinski definition) is 4. The molecule has 158 valence electrons. The first kappa shape index (κ1) is 20.3. The summed E-state index contributed by atoms with van der Waals surface area (Å²) in [7, 11) is 0. The maximum absolute atomic E-state index is 13.3. The van der Waals surface area contributed by atoms with Crippen LogP contribution >= 0.6 is 0 Å². The van der Waals surface area contributed by atoms with Crippen LogP contribution in [-0.2, 0) is 20.9 Å². The highest BCUT2D eigenvalue weighted by Crippen LogP contribution is 2.33. The molecule has 2 aliphatic rings. The molecular formula is C23H25FN2O4. The minimum atomic E-state index is -0.656. The van der Waals surface area contributed by atoms with Gasteiger partial charge in [0.2, 0.25) is 5.91 Å². The summed E-state index contributed by atoms with van der Waals surface area (Å²) in [6.07, 6.45) is 1.18. The molecule has 2 atom stereocenters. The first-order valence-electron chi connectivity index (χ1n) is 10.2. The fourth-order valence-electron chi connectivity index (χ4n) is 3.86.